The standard InChI is InChI=1S/C14H11Cl2N3/c15-10-1-4-14(12(16)8-10)19-11-2-3-13(18)9(7-11)5-6-17/h1-4,7-8,19H,5,18H2. The summed E-state index contributed by atoms with van der Waals surface area (Å²) >= 11 is 11.9. The van der Waals surface area contributed by atoms with Gasteiger partial charge in [0.05, 0.1) is 23.2 Å². The van der Waals surface area contributed by atoms with E-state index in [4.69, 9.17) is 34.2 Å². The summed E-state index contributed by atoms with van der Waals surface area (Å²) in [6.45, 7) is 0. The number of benzene rings is 2. The molecule has 0 fully saturated rings. The molecule has 3 N–H and O–H groups in total. The molecule has 0 saturated carbocycles. The van der Waals surface area contributed by atoms with Crippen molar-refractivity contribution in [2.24, 2.45) is 0 Å². The maximum atomic E-state index is 8.74. The van der Waals surface area contributed by atoms with Crippen LogP contribution in [0.2, 0.25) is 10.0 Å². The van der Waals surface area contributed by atoms with Crippen LogP contribution in [0.4, 0.5) is 17.1 Å². The number of nitrogens with two attached hydrogens (primary N) is 1. The van der Waals surface area contributed by atoms with Gasteiger partial charge in [-0.05, 0) is 42.0 Å². The van der Waals surface area contributed by atoms with Crippen LogP contribution < -0.4 is 11.1 Å². The predicted molar refractivity (Wildman–Crippen MR) is 79.9 cm³/mol. The maximum Gasteiger partial charge on any atom is 0.0670 e. The Morgan fingerprint density at radius 1 is 1.16 bits per heavy atom. The van der Waals surface area contributed by atoms with E-state index in [0.717, 1.165) is 16.9 Å². The van der Waals surface area contributed by atoms with E-state index in [9.17, 15) is 0 Å². The van der Waals surface area contributed by atoms with Crippen molar-refractivity contribution >= 4 is 40.3 Å². The van der Waals surface area contributed by atoms with E-state index in [2.05, 4.69) is 11.4 Å². The molecule has 96 valence electrons. The Kier molecular flexibility index (Phi) is 4.16. The summed E-state index contributed by atoms with van der Waals surface area (Å²) in [5.74, 6) is 0. The summed E-state index contributed by atoms with van der Waals surface area (Å²) in [6.07, 6.45) is 0.274. The fourth-order valence-corrected chi connectivity index (χ4v) is 2.12. The number of hydrogen-bond acceptors (Lipinski definition) is 3. The smallest absolute Gasteiger partial charge is 0.0670 e. The van der Waals surface area contributed by atoms with Crippen LogP contribution in [0.5, 0.6) is 0 Å². The van der Waals surface area contributed by atoms with Gasteiger partial charge < -0.3 is 11.1 Å². The zero-order valence-corrected chi connectivity index (χ0v) is 11.5. The second-order valence-corrected chi connectivity index (χ2v) is 4.84. The molecule has 0 atom stereocenters. The van der Waals surface area contributed by atoms with E-state index in [-0.39, 0.29) is 6.42 Å². The molecule has 0 amide bonds. The SMILES string of the molecule is N#CCc1cc(Nc2ccc(Cl)cc2Cl)ccc1N. The van der Waals surface area contributed by atoms with Gasteiger partial charge in [0.15, 0.2) is 0 Å². The van der Waals surface area contributed by atoms with Gasteiger partial charge in [0.2, 0.25) is 0 Å². The van der Waals surface area contributed by atoms with E-state index >= 15 is 0 Å². The lowest BCUT2D eigenvalue weighted by molar-refractivity contribution is 1.27. The number of hydrogen-bond donors (Lipinski definition) is 2. The summed E-state index contributed by atoms with van der Waals surface area (Å²) in [4.78, 5) is 0. The molecule has 3 nitrogen and oxygen atoms in total. The summed E-state index contributed by atoms with van der Waals surface area (Å²) in [6, 6.07) is 12.7. The molecular weight excluding hydrogens is 281 g/mol. The molecule has 0 unspecified atom stereocenters. The monoisotopic (exact) mass is 291 g/mol. The van der Waals surface area contributed by atoms with Crippen molar-refractivity contribution < 1.29 is 0 Å². The molecule has 19 heavy (non-hydrogen) atoms. The molecule has 0 aromatic heterocycles. The Bertz CT molecular complexity index is 648. The summed E-state index contributed by atoms with van der Waals surface area (Å²) in [7, 11) is 0. The van der Waals surface area contributed by atoms with E-state index in [1.807, 2.05) is 12.1 Å². The van der Waals surface area contributed by atoms with Crippen LogP contribution in [0.1, 0.15) is 5.56 Å². The molecule has 5 heteroatoms. The molecule has 0 spiro atoms. The normalized spacial score (nSPS) is 9.95. The van der Waals surface area contributed by atoms with Crippen LogP contribution in [0.15, 0.2) is 36.4 Å². The number of nitrogens with one attached hydrogen (secondary N) is 1. The van der Waals surface area contributed by atoms with Crippen molar-refractivity contribution in [1.82, 2.24) is 0 Å². The van der Waals surface area contributed by atoms with Crippen molar-refractivity contribution in [3.63, 3.8) is 0 Å². The van der Waals surface area contributed by atoms with Crippen molar-refractivity contribution in [2.75, 3.05) is 11.1 Å². The van der Waals surface area contributed by atoms with E-state index in [1.165, 1.54) is 0 Å². The van der Waals surface area contributed by atoms with Gasteiger partial charge in [0.25, 0.3) is 0 Å². The van der Waals surface area contributed by atoms with Crippen LogP contribution in [-0.4, -0.2) is 0 Å². The quantitative estimate of drug-likeness (QED) is 0.825. The summed E-state index contributed by atoms with van der Waals surface area (Å²) < 4.78 is 0. The van der Waals surface area contributed by atoms with Crippen molar-refractivity contribution in [2.45, 2.75) is 6.42 Å². The Labute approximate surface area is 121 Å². The van der Waals surface area contributed by atoms with Crippen molar-refractivity contribution in [3.8, 4) is 6.07 Å². The number of rotatable bonds is 3. The first-order chi connectivity index (χ1) is 9.10. The molecule has 0 bridgehead atoms. The zero-order chi connectivity index (χ0) is 13.8. The summed E-state index contributed by atoms with van der Waals surface area (Å²) in [5.41, 5.74) is 8.76. The third kappa shape index (κ3) is 3.31. The first-order valence-corrected chi connectivity index (χ1v) is 6.33. The van der Waals surface area contributed by atoms with Gasteiger partial charge >= 0.3 is 0 Å². The minimum atomic E-state index is 0.274. The first kappa shape index (κ1) is 13.5. The molecule has 0 heterocycles. The minimum absolute atomic E-state index is 0.274. The highest BCUT2D eigenvalue weighted by atomic mass is 35.5. The van der Waals surface area contributed by atoms with Gasteiger partial charge in [0, 0.05) is 16.4 Å². The molecule has 2 rings (SSSR count). The number of nitriles is 1. The lowest BCUT2D eigenvalue weighted by Gasteiger charge is -2.11. The largest absolute Gasteiger partial charge is 0.398 e. The number of nitrogens with zero attached hydrogens (tertiary/aromatic N) is 1. The fourth-order valence-electron chi connectivity index (χ4n) is 1.67. The predicted octanol–water partition coefficient (Wildman–Crippen LogP) is 4.39. The first-order valence-electron chi connectivity index (χ1n) is 5.57. The van der Waals surface area contributed by atoms with Gasteiger partial charge in [-0.2, -0.15) is 5.26 Å². The Hall–Kier alpha value is -1.89. The Morgan fingerprint density at radius 2 is 1.95 bits per heavy atom. The molecule has 2 aromatic rings. The van der Waals surface area contributed by atoms with E-state index in [1.54, 1.807) is 24.3 Å². The van der Waals surface area contributed by atoms with Crippen LogP contribution in [0, 0.1) is 11.3 Å². The number of nitrogen functional groups attached to an aromatic ring is 1. The zero-order valence-electron chi connectivity index (χ0n) is 9.95. The molecule has 0 aliphatic heterocycles. The highest BCUT2D eigenvalue weighted by Gasteiger charge is 2.04. The van der Waals surface area contributed by atoms with E-state index in [0.29, 0.717) is 15.7 Å². The third-order valence-electron chi connectivity index (χ3n) is 2.62. The molecule has 0 saturated heterocycles. The highest BCUT2D eigenvalue weighted by Crippen LogP contribution is 2.29. The van der Waals surface area contributed by atoms with E-state index < -0.39 is 0 Å². The van der Waals surface area contributed by atoms with Gasteiger partial charge in [0.1, 0.15) is 0 Å². The molecular formula is C14H11Cl2N3. The Morgan fingerprint density at radius 3 is 2.63 bits per heavy atom. The second kappa shape index (κ2) is 5.83. The average molecular weight is 292 g/mol. The molecule has 0 radical (unpaired) electrons. The van der Waals surface area contributed by atoms with Crippen LogP contribution in [0.3, 0.4) is 0 Å². The van der Waals surface area contributed by atoms with Gasteiger partial charge in [-0.15, -0.1) is 0 Å². The molecule has 0 aliphatic carbocycles. The topological polar surface area (TPSA) is 61.8 Å². The number of anilines is 3. The summed E-state index contributed by atoms with van der Waals surface area (Å²) in [5, 5.41) is 13.0. The maximum absolute atomic E-state index is 8.74. The molecule has 0 aliphatic rings. The minimum Gasteiger partial charge on any atom is -0.398 e. The van der Waals surface area contributed by atoms with Gasteiger partial charge in [-0.3, -0.25) is 0 Å². The van der Waals surface area contributed by atoms with Gasteiger partial charge in [-0.25, -0.2) is 0 Å². The fraction of sp³-hybridized carbons (Fsp3) is 0.0714. The lowest BCUT2D eigenvalue weighted by Crippen LogP contribution is -1.97. The van der Waals surface area contributed by atoms with Crippen LogP contribution in [-0.2, 0) is 6.42 Å². The third-order valence-corrected chi connectivity index (χ3v) is 3.17. The Balaban J connectivity index is 2.28. The molecule has 2 aromatic carbocycles. The second-order valence-electron chi connectivity index (χ2n) is 4.00. The highest BCUT2D eigenvalue weighted by molar-refractivity contribution is 6.36. The average Bonchev–Trinajstić information content (AvgIpc) is 2.37. The van der Waals surface area contributed by atoms with Gasteiger partial charge in [-0.1, -0.05) is 23.2 Å². The van der Waals surface area contributed by atoms with Crippen molar-refractivity contribution in [1.29, 1.82) is 5.26 Å². The lowest BCUT2D eigenvalue weighted by atomic mass is 10.1. The number of halogens is 2. The van der Waals surface area contributed by atoms with Crippen LogP contribution >= 0.6 is 23.2 Å². The van der Waals surface area contributed by atoms with Crippen molar-refractivity contribution in [3.05, 3.63) is 52.0 Å². The van der Waals surface area contributed by atoms with Crippen LogP contribution in [0.25, 0.3) is 0 Å².